The largest absolute Gasteiger partial charge is 0.395 e. The number of aryl methyl sites for hydroxylation is 1. The first-order valence-electron chi connectivity index (χ1n) is 7.67. The third-order valence-electron chi connectivity index (χ3n) is 3.69. The van der Waals surface area contributed by atoms with Crippen LogP contribution in [0.15, 0.2) is 16.9 Å². The number of hydrogen-bond acceptors (Lipinski definition) is 9. The molecule has 3 rings (SSSR count). The minimum Gasteiger partial charge on any atom is -0.395 e. The van der Waals surface area contributed by atoms with Crippen LogP contribution in [0.5, 0.6) is 0 Å². The standard InChI is InChI=1S/C14H19N7O3/c1-10-17-13(19-24-10)12-15-8-11(9-16-12)14(23)18-21-4-2-20(3-5-21)6-7-22/h8-9,22H,2-7H2,1H3,(H,18,23). The minimum absolute atomic E-state index is 0.149. The van der Waals surface area contributed by atoms with Gasteiger partial charge in [-0.1, -0.05) is 5.16 Å². The fourth-order valence-corrected chi connectivity index (χ4v) is 2.38. The van der Waals surface area contributed by atoms with Crippen molar-refractivity contribution in [3.8, 4) is 11.6 Å². The van der Waals surface area contributed by atoms with Gasteiger partial charge in [0.1, 0.15) is 0 Å². The molecular formula is C14H19N7O3. The quantitative estimate of drug-likeness (QED) is 0.716. The summed E-state index contributed by atoms with van der Waals surface area (Å²) in [7, 11) is 0. The van der Waals surface area contributed by atoms with Crippen molar-refractivity contribution in [2.75, 3.05) is 39.3 Å². The molecule has 10 heteroatoms. The van der Waals surface area contributed by atoms with E-state index >= 15 is 0 Å². The van der Waals surface area contributed by atoms with Crippen molar-refractivity contribution in [2.24, 2.45) is 0 Å². The number of nitrogens with zero attached hydrogens (tertiary/aromatic N) is 6. The van der Waals surface area contributed by atoms with Crippen LogP contribution < -0.4 is 5.43 Å². The highest BCUT2D eigenvalue weighted by Gasteiger charge is 2.19. The Labute approximate surface area is 138 Å². The fourth-order valence-electron chi connectivity index (χ4n) is 2.38. The van der Waals surface area contributed by atoms with Crippen LogP contribution >= 0.6 is 0 Å². The second-order valence-corrected chi connectivity index (χ2v) is 5.43. The molecule has 0 atom stereocenters. The van der Waals surface area contributed by atoms with Gasteiger partial charge in [-0.25, -0.2) is 15.0 Å². The maximum Gasteiger partial charge on any atom is 0.268 e. The smallest absolute Gasteiger partial charge is 0.268 e. The van der Waals surface area contributed by atoms with E-state index in [1.54, 1.807) is 6.92 Å². The van der Waals surface area contributed by atoms with Crippen molar-refractivity contribution in [3.05, 3.63) is 23.8 Å². The molecule has 24 heavy (non-hydrogen) atoms. The average molecular weight is 333 g/mol. The van der Waals surface area contributed by atoms with Crippen LogP contribution in [-0.2, 0) is 0 Å². The Bertz CT molecular complexity index is 680. The lowest BCUT2D eigenvalue weighted by Gasteiger charge is -2.34. The first kappa shape index (κ1) is 16.4. The SMILES string of the molecule is Cc1nc(-c2ncc(C(=O)NN3CCN(CCO)CC3)cn2)no1. The number of aliphatic hydroxyl groups is 1. The molecule has 2 aromatic rings. The zero-order valence-electron chi connectivity index (χ0n) is 13.3. The molecule has 128 valence electrons. The maximum atomic E-state index is 12.2. The second kappa shape index (κ2) is 7.43. The molecule has 10 nitrogen and oxygen atoms in total. The Morgan fingerprint density at radius 1 is 1.25 bits per heavy atom. The number of hydrazine groups is 1. The summed E-state index contributed by atoms with van der Waals surface area (Å²) in [5.74, 6) is 0.762. The lowest BCUT2D eigenvalue weighted by molar-refractivity contribution is 0.0580. The second-order valence-electron chi connectivity index (χ2n) is 5.43. The van der Waals surface area contributed by atoms with Crippen LogP contribution in [0.3, 0.4) is 0 Å². The van der Waals surface area contributed by atoms with Crippen LogP contribution in [0.25, 0.3) is 11.6 Å². The molecule has 0 unspecified atom stereocenters. The average Bonchev–Trinajstić information content (AvgIpc) is 3.03. The Morgan fingerprint density at radius 3 is 2.54 bits per heavy atom. The monoisotopic (exact) mass is 333 g/mol. The van der Waals surface area contributed by atoms with Crippen molar-refractivity contribution >= 4 is 5.91 Å². The molecule has 0 bridgehead atoms. The van der Waals surface area contributed by atoms with E-state index in [4.69, 9.17) is 9.63 Å². The summed E-state index contributed by atoms with van der Waals surface area (Å²) in [4.78, 5) is 26.6. The van der Waals surface area contributed by atoms with Crippen LogP contribution in [0.1, 0.15) is 16.2 Å². The molecule has 1 aliphatic rings. The molecule has 0 aliphatic carbocycles. The predicted octanol–water partition coefficient (Wildman–Crippen LogP) is -0.910. The third kappa shape index (κ3) is 3.91. The summed E-state index contributed by atoms with van der Waals surface area (Å²) in [6.45, 7) is 5.49. The predicted molar refractivity (Wildman–Crippen MR) is 82.6 cm³/mol. The van der Waals surface area contributed by atoms with Gasteiger partial charge in [0.25, 0.3) is 5.91 Å². The Morgan fingerprint density at radius 2 is 1.96 bits per heavy atom. The van der Waals surface area contributed by atoms with Crippen molar-refractivity contribution in [1.82, 2.24) is 35.4 Å². The van der Waals surface area contributed by atoms with E-state index in [1.807, 2.05) is 5.01 Å². The van der Waals surface area contributed by atoms with Crippen LogP contribution in [0, 0.1) is 6.92 Å². The summed E-state index contributed by atoms with van der Waals surface area (Å²) in [6.07, 6.45) is 2.87. The number of carbonyl (C=O) groups is 1. The summed E-state index contributed by atoms with van der Waals surface area (Å²) >= 11 is 0. The number of piperazine rings is 1. The van der Waals surface area contributed by atoms with E-state index in [1.165, 1.54) is 12.4 Å². The van der Waals surface area contributed by atoms with Gasteiger partial charge in [-0.3, -0.25) is 15.1 Å². The molecule has 1 amide bonds. The summed E-state index contributed by atoms with van der Waals surface area (Å²) < 4.78 is 4.88. The Hall–Kier alpha value is -2.43. The van der Waals surface area contributed by atoms with Crippen molar-refractivity contribution < 1.29 is 14.4 Å². The normalized spacial score (nSPS) is 16.2. The summed E-state index contributed by atoms with van der Waals surface area (Å²) in [5.41, 5.74) is 3.19. The molecule has 0 radical (unpaired) electrons. The first-order valence-corrected chi connectivity index (χ1v) is 7.67. The van der Waals surface area contributed by atoms with Crippen molar-refractivity contribution in [2.45, 2.75) is 6.92 Å². The highest BCUT2D eigenvalue weighted by molar-refractivity contribution is 5.93. The molecule has 2 aromatic heterocycles. The van der Waals surface area contributed by atoms with E-state index in [9.17, 15) is 4.79 Å². The van der Waals surface area contributed by atoms with Crippen LogP contribution in [-0.4, -0.2) is 80.4 Å². The van der Waals surface area contributed by atoms with Crippen molar-refractivity contribution in [3.63, 3.8) is 0 Å². The lowest BCUT2D eigenvalue weighted by Crippen LogP contribution is -2.53. The molecule has 0 aromatic carbocycles. The Kier molecular flexibility index (Phi) is 5.08. The third-order valence-corrected chi connectivity index (χ3v) is 3.69. The molecule has 1 aliphatic heterocycles. The van der Waals surface area contributed by atoms with Gasteiger partial charge in [-0.05, 0) is 0 Å². The zero-order chi connectivity index (χ0) is 16.9. The molecular weight excluding hydrogens is 314 g/mol. The number of aromatic nitrogens is 4. The fraction of sp³-hybridized carbons (Fsp3) is 0.500. The van der Waals surface area contributed by atoms with Gasteiger partial charge in [0.05, 0.1) is 12.2 Å². The number of aliphatic hydroxyl groups excluding tert-OH is 1. The van der Waals surface area contributed by atoms with Gasteiger partial charge in [0.2, 0.25) is 17.5 Å². The number of rotatable bonds is 5. The van der Waals surface area contributed by atoms with E-state index in [2.05, 4.69) is 30.4 Å². The van der Waals surface area contributed by atoms with Gasteiger partial charge in [0, 0.05) is 52.0 Å². The van der Waals surface area contributed by atoms with Gasteiger partial charge in [0.15, 0.2) is 0 Å². The highest BCUT2D eigenvalue weighted by Crippen LogP contribution is 2.10. The number of amides is 1. The molecule has 0 saturated carbocycles. The van der Waals surface area contributed by atoms with E-state index < -0.39 is 0 Å². The topological polar surface area (TPSA) is 121 Å². The molecule has 2 N–H and O–H groups in total. The van der Waals surface area contributed by atoms with Gasteiger partial charge >= 0.3 is 0 Å². The minimum atomic E-state index is -0.263. The zero-order valence-corrected chi connectivity index (χ0v) is 13.3. The Balaban J connectivity index is 1.56. The van der Waals surface area contributed by atoms with E-state index in [0.717, 1.165) is 13.1 Å². The number of hydrogen-bond donors (Lipinski definition) is 2. The highest BCUT2D eigenvalue weighted by atomic mass is 16.5. The van der Waals surface area contributed by atoms with Gasteiger partial charge in [-0.2, -0.15) is 4.98 Å². The molecule has 1 fully saturated rings. The number of β-amino-alcohol motifs (C(OH)–C–C–N with tert-alkyl or cyclic N) is 1. The molecule has 1 saturated heterocycles. The molecule has 0 spiro atoms. The van der Waals surface area contributed by atoms with Crippen LogP contribution in [0.4, 0.5) is 0 Å². The van der Waals surface area contributed by atoms with Crippen LogP contribution in [0.2, 0.25) is 0 Å². The first-order chi connectivity index (χ1) is 11.7. The summed E-state index contributed by atoms with van der Waals surface area (Å²) in [6, 6.07) is 0. The van der Waals surface area contributed by atoms with Gasteiger partial charge < -0.3 is 9.63 Å². The number of carbonyl (C=O) groups excluding carboxylic acids is 1. The lowest BCUT2D eigenvalue weighted by atomic mass is 10.3. The van der Waals surface area contributed by atoms with Gasteiger partial charge in [-0.15, -0.1) is 0 Å². The van der Waals surface area contributed by atoms with E-state index in [-0.39, 0.29) is 12.5 Å². The van der Waals surface area contributed by atoms with Crippen molar-refractivity contribution in [1.29, 1.82) is 0 Å². The number of nitrogens with one attached hydrogen (secondary N) is 1. The maximum absolute atomic E-state index is 12.2. The summed E-state index contributed by atoms with van der Waals surface area (Å²) in [5, 5.41) is 14.5. The molecule has 3 heterocycles. The van der Waals surface area contributed by atoms with E-state index in [0.29, 0.717) is 42.7 Å².